The smallest absolute Gasteiger partial charge is 0.419 e. The van der Waals surface area contributed by atoms with Crippen LogP contribution in [0.15, 0.2) is 16.9 Å². The number of alkyl halides is 3. The first kappa shape index (κ1) is 11.0. The number of carbonyl (C=O) groups is 1. The number of nitrogens with zero attached hydrogens (tertiary/aromatic N) is 1. The molecule has 1 aromatic heterocycles. The number of carboxylic acid groups (broad SMARTS) is 1. The predicted octanol–water partition coefficient (Wildman–Crippen LogP) is 2.56. The Morgan fingerprint density at radius 3 is 2.50 bits per heavy atom. The zero-order valence-corrected chi connectivity index (χ0v) is 8.06. The van der Waals surface area contributed by atoms with E-state index >= 15 is 0 Å². The SMILES string of the molecule is O=C(O)c1cnc(Br)c(C(F)(F)F)c1. The molecule has 3 nitrogen and oxygen atoms in total. The molecule has 14 heavy (non-hydrogen) atoms. The van der Waals surface area contributed by atoms with Gasteiger partial charge in [-0.2, -0.15) is 13.2 Å². The number of rotatable bonds is 1. The quantitative estimate of drug-likeness (QED) is 0.798. The summed E-state index contributed by atoms with van der Waals surface area (Å²) in [5.74, 6) is -1.45. The lowest BCUT2D eigenvalue weighted by molar-refractivity contribution is -0.138. The van der Waals surface area contributed by atoms with Gasteiger partial charge in [-0.05, 0) is 22.0 Å². The van der Waals surface area contributed by atoms with Crippen molar-refractivity contribution >= 4 is 21.9 Å². The Bertz CT molecular complexity index is 378. The van der Waals surface area contributed by atoms with Gasteiger partial charge in [-0.15, -0.1) is 0 Å². The highest BCUT2D eigenvalue weighted by atomic mass is 79.9. The average molecular weight is 270 g/mol. The fourth-order valence-electron chi connectivity index (χ4n) is 0.764. The summed E-state index contributed by atoms with van der Waals surface area (Å²) in [6, 6.07) is 0.527. The van der Waals surface area contributed by atoms with Crippen molar-refractivity contribution in [2.45, 2.75) is 6.18 Å². The van der Waals surface area contributed by atoms with Crippen LogP contribution in [-0.2, 0) is 6.18 Å². The van der Waals surface area contributed by atoms with E-state index in [1.165, 1.54) is 0 Å². The van der Waals surface area contributed by atoms with Gasteiger partial charge in [0.1, 0.15) is 4.60 Å². The molecule has 76 valence electrons. The molecule has 1 rings (SSSR count). The highest BCUT2D eigenvalue weighted by Crippen LogP contribution is 2.33. The molecule has 0 aliphatic rings. The number of aromatic nitrogens is 1. The van der Waals surface area contributed by atoms with Gasteiger partial charge in [-0.1, -0.05) is 0 Å². The van der Waals surface area contributed by atoms with Crippen LogP contribution in [0.25, 0.3) is 0 Å². The molecule has 0 atom stereocenters. The number of aromatic carboxylic acids is 1. The molecular weight excluding hydrogens is 267 g/mol. The molecule has 0 aliphatic heterocycles. The molecule has 1 heterocycles. The number of hydrogen-bond acceptors (Lipinski definition) is 2. The molecular formula is C7H3BrF3NO2. The van der Waals surface area contributed by atoms with Crippen LogP contribution in [0.3, 0.4) is 0 Å². The molecule has 0 bridgehead atoms. The topological polar surface area (TPSA) is 50.2 Å². The van der Waals surface area contributed by atoms with Gasteiger partial charge >= 0.3 is 12.1 Å². The number of halogens is 4. The second kappa shape index (κ2) is 3.56. The summed E-state index contributed by atoms with van der Waals surface area (Å²) in [5.41, 5.74) is -1.60. The predicted molar refractivity (Wildman–Crippen MR) is 43.9 cm³/mol. The molecule has 7 heteroatoms. The molecule has 0 fully saturated rings. The van der Waals surface area contributed by atoms with Crippen molar-refractivity contribution in [1.82, 2.24) is 4.98 Å². The van der Waals surface area contributed by atoms with Gasteiger partial charge in [0, 0.05) is 6.20 Å². The normalized spacial score (nSPS) is 11.4. The van der Waals surface area contributed by atoms with E-state index in [2.05, 4.69) is 20.9 Å². The fourth-order valence-corrected chi connectivity index (χ4v) is 1.21. The van der Waals surface area contributed by atoms with Gasteiger partial charge in [0.15, 0.2) is 0 Å². The Kier molecular flexibility index (Phi) is 2.79. The molecule has 1 N–H and O–H groups in total. The summed E-state index contributed by atoms with van der Waals surface area (Å²) in [6.45, 7) is 0. The van der Waals surface area contributed by atoms with Crippen LogP contribution < -0.4 is 0 Å². The molecule has 0 aliphatic carbocycles. The van der Waals surface area contributed by atoms with Gasteiger partial charge in [0.05, 0.1) is 11.1 Å². The Balaban J connectivity index is 3.29. The van der Waals surface area contributed by atoms with E-state index < -0.39 is 27.9 Å². The summed E-state index contributed by atoms with van der Waals surface area (Å²) in [7, 11) is 0. The first-order valence-corrected chi connectivity index (χ1v) is 4.07. The highest BCUT2D eigenvalue weighted by molar-refractivity contribution is 9.10. The average Bonchev–Trinajstić information content (AvgIpc) is 2.02. The molecule has 0 saturated heterocycles. The maximum Gasteiger partial charge on any atom is 0.419 e. The Morgan fingerprint density at radius 2 is 2.07 bits per heavy atom. The first-order chi connectivity index (χ1) is 6.32. The summed E-state index contributed by atoms with van der Waals surface area (Å²) >= 11 is 2.59. The third-order valence-electron chi connectivity index (χ3n) is 1.39. The molecule has 0 radical (unpaired) electrons. The summed E-state index contributed by atoms with van der Waals surface area (Å²) in [5, 5.41) is 8.44. The van der Waals surface area contributed by atoms with Gasteiger partial charge < -0.3 is 5.11 Å². The summed E-state index contributed by atoms with van der Waals surface area (Å²) in [4.78, 5) is 13.7. The summed E-state index contributed by atoms with van der Waals surface area (Å²) < 4.78 is 36.3. The van der Waals surface area contributed by atoms with Crippen LogP contribution in [0.5, 0.6) is 0 Å². The third kappa shape index (κ3) is 2.22. The zero-order valence-electron chi connectivity index (χ0n) is 6.47. The van der Waals surface area contributed by atoms with Gasteiger partial charge in [-0.25, -0.2) is 9.78 Å². The van der Waals surface area contributed by atoms with Crippen LogP contribution in [0.4, 0.5) is 13.2 Å². The number of pyridine rings is 1. The van der Waals surface area contributed by atoms with Crippen LogP contribution in [0, 0.1) is 0 Å². The first-order valence-electron chi connectivity index (χ1n) is 3.28. The third-order valence-corrected chi connectivity index (χ3v) is 2.02. The lowest BCUT2D eigenvalue weighted by Crippen LogP contribution is -2.09. The van der Waals surface area contributed by atoms with Crippen molar-refractivity contribution in [3.05, 3.63) is 28.0 Å². The molecule has 0 unspecified atom stereocenters. The molecule has 0 saturated carbocycles. The lowest BCUT2D eigenvalue weighted by Gasteiger charge is -2.08. The van der Waals surface area contributed by atoms with Crippen molar-refractivity contribution in [3.8, 4) is 0 Å². The minimum atomic E-state index is -4.61. The van der Waals surface area contributed by atoms with E-state index in [0.29, 0.717) is 6.07 Å². The van der Waals surface area contributed by atoms with Crippen LogP contribution in [0.2, 0.25) is 0 Å². The monoisotopic (exact) mass is 269 g/mol. The van der Waals surface area contributed by atoms with E-state index in [1.807, 2.05) is 0 Å². The van der Waals surface area contributed by atoms with E-state index in [0.717, 1.165) is 6.20 Å². The Morgan fingerprint density at radius 1 is 1.50 bits per heavy atom. The second-order valence-corrected chi connectivity index (χ2v) is 3.12. The Hall–Kier alpha value is -1.11. The van der Waals surface area contributed by atoms with Crippen LogP contribution in [-0.4, -0.2) is 16.1 Å². The largest absolute Gasteiger partial charge is 0.478 e. The van der Waals surface area contributed by atoms with Crippen molar-refractivity contribution < 1.29 is 23.1 Å². The molecule has 0 spiro atoms. The minimum absolute atomic E-state index is 0.421. The van der Waals surface area contributed by atoms with Crippen LogP contribution >= 0.6 is 15.9 Å². The zero-order chi connectivity index (χ0) is 10.9. The summed E-state index contributed by atoms with van der Waals surface area (Å²) in [6.07, 6.45) is -3.76. The van der Waals surface area contributed by atoms with E-state index in [1.54, 1.807) is 0 Å². The molecule has 0 aromatic carbocycles. The molecule has 0 amide bonds. The van der Waals surface area contributed by atoms with Crippen molar-refractivity contribution in [1.29, 1.82) is 0 Å². The highest BCUT2D eigenvalue weighted by Gasteiger charge is 2.34. The minimum Gasteiger partial charge on any atom is -0.478 e. The maximum atomic E-state index is 12.2. The van der Waals surface area contributed by atoms with Crippen molar-refractivity contribution in [2.24, 2.45) is 0 Å². The van der Waals surface area contributed by atoms with Gasteiger partial charge in [-0.3, -0.25) is 0 Å². The van der Waals surface area contributed by atoms with E-state index in [-0.39, 0.29) is 0 Å². The number of carboxylic acids is 1. The van der Waals surface area contributed by atoms with Crippen molar-refractivity contribution in [3.63, 3.8) is 0 Å². The standard InChI is InChI=1S/C7H3BrF3NO2/c8-5-4(7(9,10)11)1-3(2-12-5)6(13)14/h1-2H,(H,13,14). The molecule has 1 aromatic rings. The van der Waals surface area contributed by atoms with Crippen molar-refractivity contribution in [2.75, 3.05) is 0 Å². The number of hydrogen-bond donors (Lipinski definition) is 1. The van der Waals surface area contributed by atoms with Gasteiger partial charge in [0.25, 0.3) is 0 Å². The van der Waals surface area contributed by atoms with Crippen LogP contribution in [0.1, 0.15) is 15.9 Å². The van der Waals surface area contributed by atoms with E-state index in [4.69, 9.17) is 5.11 Å². The fraction of sp³-hybridized carbons (Fsp3) is 0.143. The lowest BCUT2D eigenvalue weighted by atomic mass is 10.2. The second-order valence-electron chi connectivity index (χ2n) is 2.37. The Labute approximate surface area is 84.7 Å². The van der Waals surface area contributed by atoms with Gasteiger partial charge in [0.2, 0.25) is 0 Å². The van der Waals surface area contributed by atoms with E-state index in [9.17, 15) is 18.0 Å². The maximum absolute atomic E-state index is 12.2.